The zero-order chi connectivity index (χ0) is 27.0. The molecule has 0 bridgehead atoms. The Kier molecular flexibility index (Phi) is 7.38. The maximum absolute atomic E-state index is 13.6. The number of fused-ring (bicyclic) bond motifs is 4. The number of thiazole rings is 1. The fourth-order valence-corrected chi connectivity index (χ4v) is 6.92. The number of rotatable bonds is 6. The monoisotopic (exact) mass is 577 g/mol. The average molecular weight is 579 g/mol. The molecule has 4 aromatic rings. The van der Waals surface area contributed by atoms with Crippen LogP contribution in [-0.4, -0.2) is 47.1 Å². The fourth-order valence-electron chi connectivity index (χ4n) is 5.93. The number of aromatic hydroxyl groups is 1. The summed E-state index contributed by atoms with van der Waals surface area (Å²) in [7, 11) is 0. The summed E-state index contributed by atoms with van der Waals surface area (Å²) in [5, 5.41) is 10.7. The summed E-state index contributed by atoms with van der Waals surface area (Å²) in [6, 6.07) is 17.0. The van der Waals surface area contributed by atoms with Gasteiger partial charge in [-0.05, 0) is 79.9 Å². The molecule has 1 N–H and O–H groups in total. The van der Waals surface area contributed by atoms with Crippen LogP contribution in [0.15, 0.2) is 66.2 Å². The normalized spacial score (nSPS) is 16.9. The van der Waals surface area contributed by atoms with Crippen LogP contribution in [0, 0.1) is 0 Å². The van der Waals surface area contributed by atoms with Crippen LogP contribution in [0.2, 0.25) is 10.0 Å². The van der Waals surface area contributed by atoms with Gasteiger partial charge in [0.15, 0.2) is 0 Å². The lowest BCUT2D eigenvalue weighted by Gasteiger charge is -2.39. The van der Waals surface area contributed by atoms with E-state index in [2.05, 4.69) is 29.2 Å². The van der Waals surface area contributed by atoms with Gasteiger partial charge in [-0.15, -0.1) is 11.3 Å². The number of anilines is 1. The highest BCUT2D eigenvalue weighted by Crippen LogP contribution is 2.50. The van der Waals surface area contributed by atoms with Crippen LogP contribution >= 0.6 is 34.5 Å². The standard InChI is InChI=1S/C31H29Cl2N3O2S/c32-24-9-5-22(18-25(24)33)2-1-15-35-16-13-31(14-17-35)19-36(26-10-11-27-30(29(26)31)34-20-39-27)28(38)12-6-21-3-7-23(37)8-4-21/h1-5,7-11,18,20,37H,6,12-17,19H2/b2-1+. The van der Waals surface area contributed by atoms with Crippen LogP contribution in [0.1, 0.15) is 36.0 Å². The minimum Gasteiger partial charge on any atom is -0.508 e. The summed E-state index contributed by atoms with van der Waals surface area (Å²) >= 11 is 13.9. The highest BCUT2D eigenvalue weighted by Gasteiger charge is 2.47. The van der Waals surface area contributed by atoms with Gasteiger partial charge in [0.1, 0.15) is 5.75 Å². The van der Waals surface area contributed by atoms with Crippen molar-refractivity contribution >= 4 is 62.4 Å². The summed E-state index contributed by atoms with van der Waals surface area (Å²) in [5.41, 5.74) is 7.25. The Morgan fingerprint density at radius 2 is 1.85 bits per heavy atom. The van der Waals surface area contributed by atoms with E-state index >= 15 is 0 Å². The predicted octanol–water partition coefficient (Wildman–Crippen LogP) is 7.34. The van der Waals surface area contributed by atoms with E-state index in [1.54, 1.807) is 23.5 Å². The third-order valence-electron chi connectivity index (χ3n) is 8.06. The maximum Gasteiger partial charge on any atom is 0.227 e. The molecule has 0 atom stereocenters. The van der Waals surface area contributed by atoms with Gasteiger partial charge in [-0.1, -0.05) is 53.6 Å². The van der Waals surface area contributed by atoms with E-state index in [4.69, 9.17) is 28.2 Å². The van der Waals surface area contributed by atoms with Crippen molar-refractivity contribution in [3.8, 4) is 5.75 Å². The first-order valence-corrected chi connectivity index (χ1v) is 14.8. The van der Waals surface area contributed by atoms with Crippen molar-refractivity contribution < 1.29 is 9.90 Å². The second-order valence-electron chi connectivity index (χ2n) is 10.5. The van der Waals surface area contributed by atoms with Gasteiger partial charge in [0, 0.05) is 36.2 Å². The molecule has 5 nitrogen and oxygen atoms in total. The number of carbonyl (C=O) groups excluding carboxylic acids is 1. The van der Waals surface area contributed by atoms with Gasteiger partial charge in [0.25, 0.3) is 0 Å². The second-order valence-corrected chi connectivity index (χ2v) is 12.2. The zero-order valence-corrected chi connectivity index (χ0v) is 23.8. The van der Waals surface area contributed by atoms with E-state index in [9.17, 15) is 9.90 Å². The highest BCUT2D eigenvalue weighted by atomic mass is 35.5. The molecule has 2 aliphatic heterocycles. The topological polar surface area (TPSA) is 56.7 Å². The number of hydrogen-bond acceptors (Lipinski definition) is 5. The average Bonchev–Trinajstić information content (AvgIpc) is 3.54. The van der Waals surface area contributed by atoms with Crippen molar-refractivity contribution in [1.29, 1.82) is 0 Å². The number of halogens is 2. The molecule has 0 aliphatic carbocycles. The van der Waals surface area contributed by atoms with Crippen LogP contribution in [-0.2, 0) is 16.6 Å². The predicted molar refractivity (Wildman–Crippen MR) is 161 cm³/mol. The fraction of sp³-hybridized carbons (Fsp3) is 0.290. The SMILES string of the molecule is O=C(CCc1ccc(O)cc1)N1CC2(CCN(C/C=C/c3ccc(Cl)c(Cl)c3)CC2)c2c1ccc1scnc21. The van der Waals surface area contributed by atoms with Gasteiger partial charge < -0.3 is 10.0 Å². The van der Waals surface area contributed by atoms with E-state index in [-0.39, 0.29) is 17.1 Å². The molecule has 1 aromatic heterocycles. The number of likely N-dealkylation sites (tertiary alicyclic amines) is 1. The molecule has 2 aliphatic rings. The molecule has 1 amide bonds. The molecule has 39 heavy (non-hydrogen) atoms. The van der Waals surface area contributed by atoms with Gasteiger partial charge >= 0.3 is 0 Å². The molecule has 1 fully saturated rings. The molecule has 0 radical (unpaired) electrons. The van der Waals surface area contributed by atoms with Gasteiger partial charge in [-0.2, -0.15) is 0 Å². The lowest BCUT2D eigenvalue weighted by molar-refractivity contribution is -0.118. The number of hydrogen-bond donors (Lipinski definition) is 1. The summed E-state index contributed by atoms with van der Waals surface area (Å²) in [5.74, 6) is 0.381. The summed E-state index contributed by atoms with van der Waals surface area (Å²) in [6.07, 6.45) is 7.32. The molecule has 6 rings (SSSR count). The number of benzene rings is 3. The summed E-state index contributed by atoms with van der Waals surface area (Å²) < 4.78 is 1.18. The van der Waals surface area contributed by atoms with Crippen molar-refractivity contribution in [1.82, 2.24) is 9.88 Å². The third-order valence-corrected chi connectivity index (χ3v) is 9.59. The first kappa shape index (κ1) is 26.3. The van der Waals surface area contributed by atoms with E-state index in [1.807, 2.05) is 40.7 Å². The summed E-state index contributed by atoms with van der Waals surface area (Å²) in [6.45, 7) is 3.49. The Balaban J connectivity index is 1.17. The molecular weight excluding hydrogens is 549 g/mol. The Morgan fingerprint density at radius 1 is 1.05 bits per heavy atom. The van der Waals surface area contributed by atoms with Gasteiger partial charge in [-0.3, -0.25) is 9.69 Å². The van der Waals surface area contributed by atoms with Crippen LogP contribution in [0.4, 0.5) is 5.69 Å². The molecule has 3 aromatic carbocycles. The Labute approximate surface area is 242 Å². The van der Waals surface area contributed by atoms with Crippen LogP contribution < -0.4 is 4.90 Å². The van der Waals surface area contributed by atoms with E-state index in [1.165, 1.54) is 10.3 Å². The van der Waals surface area contributed by atoms with Crippen molar-refractivity contribution in [2.75, 3.05) is 31.1 Å². The van der Waals surface area contributed by atoms with Crippen LogP contribution in [0.25, 0.3) is 16.3 Å². The van der Waals surface area contributed by atoms with Crippen molar-refractivity contribution in [3.05, 3.63) is 92.9 Å². The quantitative estimate of drug-likeness (QED) is 0.260. The van der Waals surface area contributed by atoms with Gasteiger partial charge in [0.05, 0.1) is 25.8 Å². The first-order chi connectivity index (χ1) is 18.9. The molecular formula is C31H29Cl2N3O2S. The van der Waals surface area contributed by atoms with Crippen molar-refractivity contribution in [2.45, 2.75) is 31.1 Å². The zero-order valence-electron chi connectivity index (χ0n) is 21.4. The highest BCUT2D eigenvalue weighted by molar-refractivity contribution is 7.16. The molecule has 1 spiro atoms. The number of piperidine rings is 1. The van der Waals surface area contributed by atoms with Crippen molar-refractivity contribution in [2.24, 2.45) is 0 Å². The van der Waals surface area contributed by atoms with E-state index < -0.39 is 0 Å². The first-order valence-electron chi connectivity index (χ1n) is 13.2. The number of phenols is 1. The van der Waals surface area contributed by atoms with Crippen LogP contribution in [0.5, 0.6) is 5.75 Å². The Bertz CT molecular complexity index is 1540. The largest absolute Gasteiger partial charge is 0.508 e. The smallest absolute Gasteiger partial charge is 0.227 e. The number of aromatic nitrogens is 1. The number of amides is 1. The Hall–Kier alpha value is -2.90. The third kappa shape index (κ3) is 5.31. The molecule has 1 saturated heterocycles. The van der Waals surface area contributed by atoms with E-state index in [0.29, 0.717) is 29.4 Å². The molecule has 3 heterocycles. The molecule has 200 valence electrons. The number of carbonyl (C=O) groups is 1. The number of aryl methyl sites for hydroxylation is 1. The lowest BCUT2D eigenvalue weighted by Crippen LogP contribution is -2.46. The van der Waals surface area contributed by atoms with Crippen molar-refractivity contribution in [3.63, 3.8) is 0 Å². The van der Waals surface area contributed by atoms with Crippen LogP contribution in [0.3, 0.4) is 0 Å². The molecule has 0 saturated carbocycles. The van der Waals surface area contributed by atoms with E-state index in [0.717, 1.165) is 54.8 Å². The minimum atomic E-state index is -0.0823. The lowest BCUT2D eigenvalue weighted by atomic mass is 9.74. The van der Waals surface area contributed by atoms with Gasteiger partial charge in [-0.25, -0.2) is 4.98 Å². The molecule has 8 heteroatoms. The minimum absolute atomic E-state index is 0.0823. The maximum atomic E-state index is 13.6. The summed E-state index contributed by atoms with van der Waals surface area (Å²) in [4.78, 5) is 22.8. The van der Waals surface area contributed by atoms with Gasteiger partial charge in [0.2, 0.25) is 5.91 Å². The Morgan fingerprint density at radius 3 is 2.62 bits per heavy atom. The number of nitrogens with zero attached hydrogens (tertiary/aromatic N) is 3. The second kappa shape index (κ2) is 10.9. The number of phenolic OH excluding ortho intramolecular Hbond substituents is 1. The molecule has 0 unspecified atom stereocenters.